The third kappa shape index (κ3) is 2.10. The van der Waals surface area contributed by atoms with E-state index in [4.69, 9.17) is 11.6 Å². The standard InChI is InChI=1S/C12H10ClNO/c1-8-4-10(6-11(13)5-8)12(15)9-2-3-14-7-9/h2-7,14H,1H3. The van der Waals surface area contributed by atoms with E-state index in [1.807, 2.05) is 19.1 Å². The quantitative estimate of drug-likeness (QED) is 0.773. The van der Waals surface area contributed by atoms with Crippen molar-refractivity contribution >= 4 is 17.4 Å². The normalized spacial score (nSPS) is 10.3. The number of aromatic nitrogens is 1. The molecule has 0 aliphatic rings. The fraction of sp³-hybridized carbons (Fsp3) is 0.0833. The van der Waals surface area contributed by atoms with E-state index in [0.29, 0.717) is 16.1 Å². The van der Waals surface area contributed by atoms with Crippen LogP contribution in [0, 0.1) is 6.92 Å². The van der Waals surface area contributed by atoms with Crippen LogP contribution in [0.5, 0.6) is 0 Å². The number of hydrogen-bond donors (Lipinski definition) is 1. The van der Waals surface area contributed by atoms with Crippen molar-refractivity contribution in [1.82, 2.24) is 4.98 Å². The monoisotopic (exact) mass is 219 g/mol. The molecule has 2 aromatic rings. The van der Waals surface area contributed by atoms with Gasteiger partial charge in [-0.15, -0.1) is 0 Å². The first-order valence-corrected chi connectivity index (χ1v) is 4.99. The largest absolute Gasteiger partial charge is 0.367 e. The average Bonchev–Trinajstić information content (AvgIpc) is 2.67. The second-order valence-corrected chi connectivity index (χ2v) is 3.88. The van der Waals surface area contributed by atoms with Crippen LogP contribution in [0.3, 0.4) is 0 Å². The number of nitrogens with one attached hydrogen (secondary N) is 1. The van der Waals surface area contributed by atoms with Gasteiger partial charge in [0.1, 0.15) is 0 Å². The molecule has 1 aromatic heterocycles. The number of aromatic amines is 1. The summed E-state index contributed by atoms with van der Waals surface area (Å²) in [7, 11) is 0. The second kappa shape index (κ2) is 3.91. The van der Waals surface area contributed by atoms with Gasteiger partial charge in [-0.2, -0.15) is 0 Å². The zero-order chi connectivity index (χ0) is 10.8. The molecule has 0 atom stereocenters. The molecule has 0 amide bonds. The summed E-state index contributed by atoms with van der Waals surface area (Å²) in [5.41, 5.74) is 2.26. The van der Waals surface area contributed by atoms with Crippen molar-refractivity contribution in [2.75, 3.05) is 0 Å². The Bertz CT molecular complexity index is 468. The predicted molar refractivity (Wildman–Crippen MR) is 60.4 cm³/mol. The predicted octanol–water partition coefficient (Wildman–Crippen LogP) is 3.21. The number of ketones is 1. The van der Waals surface area contributed by atoms with Gasteiger partial charge in [0.05, 0.1) is 0 Å². The van der Waals surface area contributed by atoms with Gasteiger partial charge in [-0.05, 0) is 36.8 Å². The highest BCUT2D eigenvalue weighted by atomic mass is 35.5. The third-order valence-electron chi connectivity index (χ3n) is 2.16. The van der Waals surface area contributed by atoms with Crippen molar-refractivity contribution in [2.45, 2.75) is 6.92 Å². The van der Waals surface area contributed by atoms with Gasteiger partial charge >= 0.3 is 0 Å². The molecule has 0 fully saturated rings. The lowest BCUT2D eigenvalue weighted by Gasteiger charge is -2.01. The third-order valence-corrected chi connectivity index (χ3v) is 2.38. The van der Waals surface area contributed by atoms with Crippen LogP contribution in [-0.2, 0) is 0 Å². The van der Waals surface area contributed by atoms with E-state index in [1.165, 1.54) is 0 Å². The van der Waals surface area contributed by atoms with E-state index in [2.05, 4.69) is 4.98 Å². The number of rotatable bonds is 2. The molecular formula is C12H10ClNO. The van der Waals surface area contributed by atoms with Crippen molar-refractivity contribution in [3.05, 3.63) is 58.4 Å². The van der Waals surface area contributed by atoms with Crippen LogP contribution >= 0.6 is 11.6 Å². The summed E-state index contributed by atoms with van der Waals surface area (Å²) < 4.78 is 0. The van der Waals surface area contributed by atoms with Gasteiger partial charge < -0.3 is 4.98 Å². The number of carbonyl (C=O) groups is 1. The molecule has 0 radical (unpaired) electrons. The summed E-state index contributed by atoms with van der Waals surface area (Å²) in [6, 6.07) is 7.10. The second-order valence-electron chi connectivity index (χ2n) is 3.45. The highest BCUT2D eigenvalue weighted by molar-refractivity contribution is 6.31. The highest BCUT2D eigenvalue weighted by Crippen LogP contribution is 2.17. The van der Waals surface area contributed by atoms with Crippen molar-refractivity contribution in [3.8, 4) is 0 Å². The first-order valence-electron chi connectivity index (χ1n) is 4.61. The minimum Gasteiger partial charge on any atom is -0.367 e. The first kappa shape index (κ1) is 9.99. The van der Waals surface area contributed by atoms with Crippen molar-refractivity contribution < 1.29 is 4.79 Å². The molecule has 1 N–H and O–H groups in total. The topological polar surface area (TPSA) is 32.9 Å². The van der Waals surface area contributed by atoms with Crippen LogP contribution in [0.15, 0.2) is 36.7 Å². The molecule has 3 heteroatoms. The minimum atomic E-state index is -0.0122. The molecule has 1 heterocycles. The van der Waals surface area contributed by atoms with Crippen molar-refractivity contribution in [3.63, 3.8) is 0 Å². The van der Waals surface area contributed by atoms with Crippen LogP contribution in [0.4, 0.5) is 0 Å². The van der Waals surface area contributed by atoms with Crippen LogP contribution < -0.4 is 0 Å². The van der Waals surface area contributed by atoms with E-state index in [1.54, 1.807) is 24.5 Å². The summed E-state index contributed by atoms with van der Waals surface area (Å²) in [5, 5.41) is 0.592. The zero-order valence-corrected chi connectivity index (χ0v) is 9.01. The SMILES string of the molecule is Cc1cc(Cl)cc(C(=O)c2cc[nH]c2)c1. The minimum absolute atomic E-state index is 0.0122. The Morgan fingerprint density at radius 3 is 2.67 bits per heavy atom. The first-order chi connectivity index (χ1) is 7.16. The van der Waals surface area contributed by atoms with Crippen LogP contribution in [-0.4, -0.2) is 10.8 Å². The van der Waals surface area contributed by atoms with Crippen LogP contribution in [0.2, 0.25) is 5.02 Å². The molecule has 15 heavy (non-hydrogen) atoms. The Labute approximate surface area is 92.9 Å². The molecular weight excluding hydrogens is 210 g/mol. The van der Waals surface area contributed by atoms with E-state index >= 15 is 0 Å². The van der Waals surface area contributed by atoms with Gasteiger partial charge in [-0.25, -0.2) is 0 Å². The van der Waals surface area contributed by atoms with Crippen molar-refractivity contribution in [2.24, 2.45) is 0 Å². The molecule has 0 spiro atoms. The molecule has 0 saturated carbocycles. The fourth-order valence-corrected chi connectivity index (χ4v) is 1.79. The maximum absolute atomic E-state index is 11.9. The molecule has 0 saturated heterocycles. The summed E-state index contributed by atoms with van der Waals surface area (Å²) >= 11 is 5.90. The number of benzene rings is 1. The van der Waals surface area contributed by atoms with Gasteiger partial charge in [0.25, 0.3) is 0 Å². The lowest BCUT2D eigenvalue weighted by Crippen LogP contribution is -1.99. The lowest BCUT2D eigenvalue weighted by atomic mass is 10.0. The Hall–Kier alpha value is -1.54. The smallest absolute Gasteiger partial charge is 0.194 e. The molecule has 0 unspecified atom stereocenters. The number of H-pyrrole nitrogens is 1. The molecule has 0 aliphatic carbocycles. The Balaban J connectivity index is 2.42. The maximum atomic E-state index is 11.9. The van der Waals surface area contributed by atoms with E-state index < -0.39 is 0 Å². The molecule has 0 aliphatic heterocycles. The summed E-state index contributed by atoms with van der Waals surface area (Å²) in [6.45, 7) is 1.92. The van der Waals surface area contributed by atoms with E-state index in [-0.39, 0.29) is 5.78 Å². The Kier molecular flexibility index (Phi) is 2.60. The molecule has 0 bridgehead atoms. The van der Waals surface area contributed by atoms with Crippen LogP contribution in [0.25, 0.3) is 0 Å². The Morgan fingerprint density at radius 2 is 2.07 bits per heavy atom. The van der Waals surface area contributed by atoms with Gasteiger partial charge in [-0.3, -0.25) is 4.79 Å². The average molecular weight is 220 g/mol. The van der Waals surface area contributed by atoms with Gasteiger partial charge in [0.15, 0.2) is 5.78 Å². The number of halogens is 1. The summed E-state index contributed by atoms with van der Waals surface area (Å²) in [6.07, 6.45) is 3.41. The van der Waals surface area contributed by atoms with E-state index in [9.17, 15) is 4.79 Å². The Morgan fingerprint density at radius 1 is 1.27 bits per heavy atom. The summed E-state index contributed by atoms with van der Waals surface area (Å²) in [4.78, 5) is 14.8. The molecule has 2 nitrogen and oxygen atoms in total. The molecule has 1 aromatic carbocycles. The molecule has 76 valence electrons. The van der Waals surface area contributed by atoms with E-state index in [0.717, 1.165) is 5.56 Å². The fourth-order valence-electron chi connectivity index (χ4n) is 1.50. The number of hydrogen-bond acceptors (Lipinski definition) is 1. The lowest BCUT2D eigenvalue weighted by molar-refractivity contribution is 0.103. The number of aryl methyl sites for hydroxylation is 1. The van der Waals surface area contributed by atoms with Gasteiger partial charge in [0.2, 0.25) is 0 Å². The number of carbonyl (C=O) groups excluding carboxylic acids is 1. The summed E-state index contributed by atoms with van der Waals surface area (Å²) in [5.74, 6) is -0.0122. The zero-order valence-electron chi connectivity index (χ0n) is 8.25. The highest BCUT2D eigenvalue weighted by Gasteiger charge is 2.10. The maximum Gasteiger partial charge on any atom is 0.194 e. The van der Waals surface area contributed by atoms with Gasteiger partial charge in [-0.1, -0.05) is 11.6 Å². The van der Waals surface area contributed by atoms with Gasteiger partial charge in [0, 0.05) is 28.5 Å². The molecule has 2 rings (SSSR count). The van der Waals surface area contributed by atoms with Crippen LogP contribution in [0.1, 0.15) is 21.5 Å². The van der Waals surface area contributed by atoms with Crippen molar-refractivity contribution in [1.29, 1.82) is 0 Å².